The Morgan fingerprint density at radius 3 is 2.56 bits per heavy atom. The molecule has 0 bridgehead atoms. The molecule has 0 aliphatic heterocycles. The van der Waals surface area contributed by atoms with Gasteiger partial charge in [0.2, 0.25) is 0 Å². The van der Waals surface area contributed by atoms with Gasteiger partial charge in [0.05, 0.1) is 11.8 Å². The van der Waals surface area contributed by atoms with E-state index < -0.39 is 0 Å². The van der Waals surface area contributed by atoms with Gasteiger partial charge in [0.25, 0.3) is 5.91 Å². The lowest BCUT2D eigenvalue weighted by Crippen LogP contribution is -2.17. The number of hydrazone groups is 1. The predicted molar refractivity (Wildman–Crippen MR) is 66.7 cm³/mol. The van der Waals surface area contributed by atoms with Gasteiger partial charge in [-0.15, -0.1) is 0 Å². The van der Waals surface area contributed by atoms with Crippen LogP contribution >= 0.6 is 0 Å². The van der Waals surface area contributed by atoms with E-state index in [0.717, 1.165) is 5.76 Å². The Kier molecular flexibility index (Phi) is 3.32. The fraction of sp³-hybridized carbons (Fsp3) is 0.231. The number of aryl methyl sites for hydroxylation is 3. The molecule has 0 fully saturated rings. The minimum atomic E-state index is -0.302. The lowest BCUT2D eigenvalue weighted by atomic mass is 10.2. The lowest BCUT2D eigenvalue weighted by Gasteiger charge is -1.96. The Morgan fingerprint density at radius 1 is 1.22 bits per heavy atom. The zero-order chi connectivity index (χ0) is 13.1. The molecule has 5 heteroatoms. The van der Waals surface area contributed by atoms with Gasteiger partial charge >= 0.3 is 0 Å². The molecule has 2 aromatic heterocycles. The summed E-state index contributed by atoms with van der Waals surface area (Å²) in [7, 11) is 0. The first-order valence-corrected chi connectivity index (χ1v) is 5.53. The van der Waals surface area contributed by atoms with E-state index in [0.29, 0.717) is 22.8 Å². The van der Waals surface area contributed by atoms with E-state index in [2.05, 4.69) is 10.5 Å². The fourth-order valence-electron chi connectivity index (χ4n) is 1.59. The van der Waals surface area contributed by atoms with Crippen molar-refractivity contribution in [3.63, 3.8) is 0 Å². The third-order valence-corrected chi connectivity index (χ3v) is 2.40. The van der Waals surface area contributed by atoms with Crippen molar-refractivity contribution in [1.82, 2.24) is 5.43 Å². The number of carbonyl (C=O) groups excluding carboxylic acids is 1. The first-order chi connectivity index (χ1) is 8.56. The molecule has 2 rings (SSSR count). The number of carbonyl (C=O) groups is 1. The van der Waals surface area contributed by atoms with Gasteiger partial charge in [-0.25, -0.2) is 5.43 Å². The molecule has 0 saturated heterocycles. The molecule has 18 heavy (non-hydrogen) atoms. The van der Waals surface area contributed by atoms with E-state index in [1.807, 2.05) is 13.0 Å². The normalized spacial score (nSPS) is 11.1. The van der Waals surface area contributed by atoms with Crippen molar-refractivity contribution in [3.8, 4) is 0 Å². The van der Waals surface area contributed by atoms with Crippen LogP contribution in [0.2, 0.25) is 0 Å². The van der Waals surface area contributed by atoms with Crippen molar-refractivity contribution >= 4 is 12.1 Å². The molecule has 0 aliphatic carbocycles. The van der Waals surface area contributed by atoms with E-state index in [1.165, 1.54) is 6.21 Å². The number of hydrogen-bond acceptors (Lipinski definition) is 4. The van der Waals surface area contributed by atoms with Gasteiger partial charge in [0.1, 0.15) is 23.0 Å². The van der Waals surface area contributed by atoms with E-state index in [-0.39, 0.29) is 5.91 Å². The second kappa shape index (κ2) is 4.91. The van der Waals surface area contributed by atoms with Crippen LogP contribution in [0.5, 0.6) is 0 Å². The summed E-state index contributed by atoms with van der Waals surface area (Å²) in [4.78, 5) is 11.8. The summed E-state index contributed by atoms with van der Waals surface area (Å²) in [6, 6.07) is 5.28. The summed E-state index contributed by atoms with van der Waals surface area (Å²) in [6.45, 7) is 5.37. The SMILES string of the molecule is Cc1ccc(/C=N\NC(=O)c2cc(C)oc2C)o1. The minimum Gasteiger partial charge on any atom is -0.466 e. The van der Waals surface area contributed by atoms with Crippen LogP contribution in [0.25, 0.3) is 0 Å². The van der Waals surface area contributed by atoms with Gasteiger partial charge in [0, 0.05) is 0 Å². The highest BCUT2D eigenvalue weighted by molar-refractivity contribution is 5.95. The van der Waals surface area contributed by atoms with Crippen molar-refractivity contribution in [1.29, 1.82) is 0 Å². The molecule has 0 aliphatic rings. The van der Waals surface area contributed by atoms with Crippen LogP contribution in [0.1, 0.15) is 33.4 Å². The largest absolute Gasteiger partial charge is 0.466 e. The summed E-state index contributed by atoms with van der Waals surface area (Å²) in [5.41, 5.74) is 2.91. The van der Waals surface area contributed by atoms with Crippen molar-refractivity contribution in [2.24, 2.45) is 5.10 Å². The van der Waals surface area contributed by atoms with E-state index in [4.69, 9.17) is 8.83 Å². The van der Waals surface area contributed by atoms with Crippen molar-refractivity contribution < 1.29 is 13.6 Å². The Hall–Kier alpha value is -2.30. The van der Waals surface area contributed by atoms with Crippen LogP contribution in [0.4, 0.5) is 0 Å². The molecule has 94 valence electrons. The molecule has 0 aromatic carbocycles. The van der Waals surface area contributed by atoms with Crippen LogP contribution in [-0.2, 0) is 0 Å². The van der Waals surface area contributed by atoms with Crippen LogP contribution in [-0.4, -0.2) is 12.1 Å². The van der Waals surface area contributed by atoms with Gasteiger partial charge in [0.15, 0.2) is 0 Å². The summed E-state index contributed by atoms with van der Waals surface area (Å²) >= 11 is 0. The maximum absolute atomic E-state index is 11.8. The molecule has 0 spiro atoms. The van der Waals surface area contributed by atoms with Gasteiger partial charge in [-0.1, -0.05) is 0 Å². The molecule has 2 aromatic rings. The van der Waals surface area contributed by atoms with Crippen molar-refractivity contribution in [2.75, 3.05) is 0 Å². The lowest BCUT2D eigenvalue weighted by molar-refractivity contribution is 0.0953. The number of hydrogen-bond donors (Lipinski definition) is 1. The maximum atomic E-state index is 11.8. The molecule has 5 nitrogen and oxygen atoms in total. The number of rotatable bonds is 3. The third kappa shape index (κ3) is 2.68. The molecule has 0 unspecified atom stereocenters. The van der Waals surface area contributed by atoms with Crippen LogP contribution in [0.3, 0.4) is 0 Å². The van der Waals surface area contributed by atoms with Gasteiger partial charge in [-0.3, -0.25) is 4.79 Å². The maximum Gasteiger partial charge on any atom is 0.274 e. The zero-order valence-electron chi connectivity index (χ0n) is 10.5. The Bertz CT molecular complexity index is 593. The highest BCUT2D eigenvalue weighted by atomic mass is 16.3. The number of amides is 1. The summed E-state index contributed by atoms with van der Waals surface area (Å²) in [5, 5.41) is 3.82. The second-order valence-electron chi connectivity index (χ2n) is 3.97. The molecule has 0 atom stereocenters. The molecular formula is C13H14N2O3. The number of furan rings is 2. The van der Waals surface area contributed by atoms with Crippen LogP contribution < -0.4 is 5.43 Å². The fourth-order valence-corrected chi connectivity index (χ4v) is 1.59. The Morgan fingerprint density at radius 2 is 2.00 bits per heavy atom. The quantitative estimate of drug-likeness (QED) is 0.668. The molecule has 1 amide bonds. The number of nitrogens with zero attached hydrogens (tertiary/aromatic N) is 1. The summed E-state index contributed by atoms with van der Waals surface area (Å²) in [5.74, 6) is 2.36. The monoisotopic (exact) mass is 246 g/mol. The molecule has 2 heterocycles. The van der Waals surface area contributed by atoms with Gasteiger partial charge in [-0.05, 0) is 39.0 Å². The first-order valence-electron chi connectivity index (χ1n) is 5.53. The third-order valence-electron chi connectivity index (χ3n) is 2.40. The molecule has 0 saturated carbocycles. The Labute approximate surface area is 104 Å². The van der Waals surface area contributed by atoms with E-state index in [9.17, 15) is 4.79 Å². The van der Waals surface area contributed by atoms with E-state index >= 15 is 0 Å². The average Bonchev–Trinajstić information content (AvgIpc) is 2.85. The summed E-state index contributed by atoms with van der Waals surface area (Å²) < 4.78 is 10.6. The predicted octanol–water partition coefficient (Wildman–Crippen LogP) is 2.56. The highest BCUT2D eigenvalue weighted by Crippen LogP contribution is 2.13. The van der Waals surface area contributed by atoms with E-state index in [1.54, 1.807) is 26.0 Å². The highest BCUT2D eigenvalue weighted by Gasteiger charge is 2.12. The van der Waals surface area contributed by atoms with Crippen molar-refractivity contribution in [3.05, 3.63) is 46.8 Å². The zero-order valence-corrected chi connectivity index (χ0v) is 10.5. The average molecular weight is 246 g/mol. The standard InChI is InChI=1S/C13H14N2O3/c1-8-4-5-11(18-8)7-14-15-13(16)12-6-9(2)17-10(12)3/h4-7H,1-3H3,(H,15,16)/b14-7-. The van der Waals surface area contributed by atoms with Crippen LogP contribution in [0, 0.1) is 20.8 Å². The Balaban J connectivity index is 2.00. The van der Waals surface area contributed by atoms with Gasteiger partial charge in [-0.2, -0.15) is 5.10 Å². The van der Waals surface area contributed by atoms with Crippen LogP contribution in [0.15, 0.2) is 32.1 Å². The topological polar surface area (TPSA) is 67.7 Å². The summed E-state index contributed by atoms with van der Waals surface area (Å²) in [6.07, 6.45) is 1.45. The smallest absolute Gasteiger partial charge is 0.274 e. The second-order valence-corrected chi connectivity index (χ2v) is 3.97. The molecule has 1 N–H and O–H groups in total. The molecule has 0 radical (unpaired) electrons. The minimum absolute atomic E-state index is 0.302. The molecular weight excluding hydrogens is 232 g/mol. The van der Waals surface area contributed by atoms with Crippen molar-refractivity contribution in [2.45, 2.75) is 20.8 Å². The number of nitrogens with one attached hydrogen (secondary N) is 1. The first kappa shape index (κ1) is 12.2. The van der Waals surface area contributed by atoms with Gasteiger partial charge < -0.3 is 8.83 Å².